The van der Waals surface area contributed by atoms with E-state index in [-0.39, 0.29) is 0 Å². The SMILES string of the molecule is c1csc(-c2ccc(-c3ccc4cc(-c5ccc(-c6nccs6)cc5)ccc4c3)cc2)n1. The van der Waals surface area contributed by atoms with Crippen LogP contribution in [0, 0.1) is 0 Å². The Morgan fingerprint density at radius 1 is 0.406 bits per heavy atom. The lowest BCUT2D eigenvalue weighted by Crippen LogP contribution is -1.83. The van der Waals surface area contributed by atoms with Crippen molar-refractivity contribution in [3.63, 3.8) is 0 Å². The molecule has 6 rings (SSSR count). The number of hydrogen-bond acceptors (Lipinski definition) is 4. The van der Waals surface area contributed by atoms with Gasteiger partial charge in [-0.3, -0.25) is 0 Å². The summed E-state index contributed by atoms with van der Waals surface area (Å²) in [5, 5.41) is 8.63. The number of benzene rings is 4. The summed E-state index contributed by atoms with van der Waals surface area (Å²) in [4.78, 5) is 8.79. The standard InChI is InChI=1S/C28H18N2S2/c1-5-21(27-29-13-15-31-27)6-2-19(1)23-9-11-26-18-24(10-12-25(26)17-23)20-3-7-22(8-4-20)28-30-14-16-32-28/h1-18H. The summed E-state index contributed by atoms with van der Waals surface area (Å²) in [6.07, 6.45) is 3.70. The first kappa shape index (κ1) is 19.1. The first-order valence-corrected chi connectivity index (χ1v) is 12.1. The molecule has 0 aliphatic carbocycles. The maximum atomic E-state index is 4.40. The molecule has 4 aromatic carbocycles. The molecule has 0 radical (unpaired) electrons. The Kier molecular flexibility index (Phi) is 4.87. The fourth-order valence-corrected chi connectivity index (χ4v) is 5.24. The van der Waals surface area contributed by atoms with Crippen molar-refractivity contribution in [1.29, 1.82) is 0 Å². The van der Waals surface area contributed by atoms with Crippen LogP contribution in [-0.2, 0) is 0 Å². The minimum atomic E-state index is 1.06. The van der Waals surface area contributed by atoms with Gasteiger partial charge in [0.15, 0.2) is 0 Å². The topological polar surface area (TPSA) is 25.8 Å². The van der Waals surface area contributed by atoms with Crippen molar-refractivity contribution in [2.75, 3.05) is 0 Å². The molecule has 32 heavy (non-hydrogen) atoms. The molecule has 0 bridgehead atoms. The van der Waals surface area contributed by atoms with Gasteiger partial charge in [0.1, 0.15) is 10.0 Å². The zero-order chi connectivity index (χ0) is 21.3. The van der Waals surface area contributed by atoms with Gasteiger partial charge in [0.25, 0.3) is 0 Å². The Hall–Kier alpha value is -3.60. The molecule has 2 nitrogen and oxygen atoms in total. The van der Waals surface area contributed by atoms with Gasteiger partial charge in [-0.05, 0) is 45.2 Å². The molecule has 0 saturated heterocycles. The second-order valence-corrected chi connectivity index (χ2v) is 9.40. The van der Waals surface area contributed by atoms with Gasteiger partial charge in [0.2, 0.25) is 0 Å². The van der Waals surface area contributed by atoms with Crippen LogP contribution in [0.3, 0.4) is 0 Å². The minimum Gasteiger partial charge on any atom is -0.245 e. The number of thiazole rings is 2. The number of hydrogen-bond donors (Lipinski definition) is 0. The summed E-state index contributed by atoms with van der Waals surface area (Å²) < 4.78 is 0. The average molecular weight is 447 g/mol. The summed E-state index contributed by atoms with van der Waals surface area (Å²) in [7, 11) is 0. The summed E-state index contributed by atoms with van der Waals surface area (Å²) >= 11 is 3.33. The summed E-state index contributed by atoms with van der Waals surface area (Å²) in [5.74, 6) is 0. The van der Waals surface area contributed by atoms with Crippen molar-refractivity contribution < 1.29 is 0 Å². The van der Waals surface area contributed by atoms with Gasteiger partial charge < -0.3 is 0 Å². The van der Waals surface area contributed by atoms with Crippen LogP contribution in [0.4, 0.5) is 0 Å². The zero-order valence-electron chi connectivity index (χ0n) is 17.1. The van der Waals surface area contributed by atoms with Gasteiger partial charge in [-0.1, -0.05) is 72.8 Å². The van der Waals surface area contributed by atoms with Crippen molar-refractivity contribution in [3.8, 4) is 43.4 Å². The van der Waals surface area contributed by atoms with Crippen molar-refractivity contribution >= 4 is 33.4 Å². The van der Waals surface area contributed by atoms with E-state index in [1.807, 2.05) is 23.2 Å². The molecule has 152 valence electrons. The largest absolute Gasteiger partial charge is 0.245 e. The highest BCUT2D eigenvalue weighted by Gasteiger charge is 2.06. The van der Waals surface area contributed by atoms with E-state index in [0.717, 1.165) is 21.1 Å². The Bertz CT molecular complexity index is 1370. The molecule has 2 heterocycles. The third-order valence-electron chi connectivity index (χ3n) is 5.64. The zero-order valence-corrected chi connectivity index (χ0v) is 18.7. The van der Waals surface area contributed by atoms with Crippen molar-refractivity contribution in [2.45, 2.75) is 0 Å². The number of rotatable bonds is 4. The third-order valence-corrected chi connectivity index (χ3v) is 7.28. The van der Waals surface area contributed by atoms with E-state index >= 15 is 0 Å². The van der Waals surface area contributed by atoms with Crippen molar-refractivity contribution in [1.82, 2.24) is 9.97 Å². The van der Waals surface area contributed by atoms with E-state index < -0.39 is 0 Å². The third kappa shape index (κ3) is 3.64. The smallest absolute Gasteiger partial charge is 0.123 e. The van der Waals surface area contributed by atoms with Gasteiger partial charge in [0.05, 0.1) is 0 Å². The quantitative estimate of drug-likeness (QED) is 0.271. The van der Waals surface area contributed by atoms with Crippen LogP contribution >= 0.6 is 22.7 Å². The first-order valence-electron chi connectivity index (χ1n) is 10.4. The summed E-state index contributed by atoms with van der Waals surface area (Å²) in [6.45, 7) is 0. The minimum absolute atomic E-state index is 1.06. The molecule has 0 amide bonds. The van der Waals surface area contributed by atoms with Gasteiger partial charge in [-0.15, -0.1) is 22.7 Å². The molecule has 0 aliphatic rings. The predicted molar refractivity (Wildman–Crippen MR) is 137 cm³/mol. The van der Waals surface area contributed by atoms with Crippen LogP contribution in [0.1, 0.15) is 0 Å². The monoisotopic (exact) mass is 446 g/mol. The second kappa shape index (κ2) is 8.15. The predicted octanol–water partition coefficient (Wildman–Crippen LogP) is 8.42. The van der Waals surface area contributed by atoms with E-state index in [9.17, 15) is 0 Å². The Balaban J connectivity index is 1.29. The van der Waals surface area contributed by atoms with Gasteiger partial charge in [0, 0.05) is 34.3 Å². The van der Waals surface area contributed by atoms with Crippen LogP contribution in [0.2, 0.25) is 0 Å². The Morgan fingerprint density at radius 3 is 1.16 bits per heavy atom. The van der Waals surface area contributed by atoms with Crippen LogP contribution in [0.15, 0.2) is 108 Å². The molecule has 0 fully saturated rings. The second-order valence-electron chi connectivity index (χ2n) is 7.61. The Labute approximate surface area is 194 Å². The summed E-state index contributed by atoms with van der Waals surface area (Å²) in [6, 6.07) is 30.7. The first-order chi connectivity index (χ1) is 15.8. The summed E-state index contributed by atoms with van der Waals surface area (Å²) in [5.41, 5.74) is 7.21. The number of fused-ring (bicyclic) bond motifs is 1. The highest BCUT2D eigenvalue weighted by atomic mass is 32.1. The van der Waals surface area contributed by atoms with Crippen LogP contribution in [-0.4, -0.2) is 9.97 Å². The number of nitrogens with zero attached hydrogens (tertiary/aromatic N) is 2. The van der Waals surface area contributed by atoms with Crippen molar-refractivity contribution in [3.05, 3.63) is 108 Å². The molecule has 0 unspecified atom stereocenters. The Morgan fingerprint density at radius 2 is 0.781 bits per heavy atom. The van der Waals surface area contributed by atoms with E-state index in [1.54, 1.807) is 22.7 Å². The highest BCUT2D eigenvalue weighted by Crippen LogP contribution is 2.31. The lowest BCUT2D eigenvalue weighted by molar-refractivity contribution is 1.41. The number of aromatic nitrogens is 2. The van der Waals surface area contributed by atoms with Gasteiger partial charge in [-0.25, -0.2) is 9.97 Å². The molecular weight excluding hydrogens is 428 g/mol. The molecule has 0 spiro atoms. The maximum Gasteiger partial charge on any atom is 0.123 e. The fraction of sp³-hybridized carbons (Fsp3) is 0. The van der Waals surface area contributed by atoms with Crippen LogP contribution in [0.5, 0.6) is 0 Å². The highest BCUT2D eigenvalue weighted by molar-refractivity contribution is 7.13. The van der Waals surface area contributed by atoms with E-state index in [4.69, 9.17) is 0 Å². The maximum absolute atomic E-state index is 4.40. The lowest BCUT2D eigenvalue weighted by Gasteiger charge is -2.08. The van der Waals surface area contributed by atoms with Crippen molar-refractivity contribution in [2.24, 2.45) is 0 Å². The van der Waals surface area contributed by atoms with Crippen LogP contribution < -0.4 is 0 Å². The molecule has 2 aromatic heterocycles. The van der Waals surface area contributed by atoms with Gasteiger partial charge >= 0.3 is 0 Å². The molecule has 0 atom stereocenters. The van der Waals surface area contributed by atoms with Gasteiger partial charge in [-0.2, -0.15) is 0 Å². The molecule has 4 heteroatoms. The molecule has 0 saturated carbocycles. The normalized spacial score (nSPS) is 11.1. The molecular formula is C28H18N2S2. The molecule has 0 aliphatic heterocycles. The van der Waals surface area contributed by atoms with E-state index in [2.05, 4.69) is 94.9 Å². The van der Waals surface area contributed by atoms with Crippen LogP contribution in [0.25, 0.3) is 54.2 Å². The average Bonchev–Trinajstić information content (AvgIpc) is 3.59. The van der Waals surface area contributed by atoms with E-state index in [0.29, 0.717) is 0 Å². The lowest BCUT2D eigenvalue weighted by atomic mass is 9.97. The van der Waals surface area contributed by atoms with E-state index in [1.165, 1.54) is 33.0 Å². The molecule has 0 N–H and O–H groups in total. The molecule has 6 aromatic rings. The fourth-order valence-electron chi connectivity index (χ4n) is 3.95.